The zero-order valence-electron chi connectivity index (χ0n) is 15.6. The van der Waals surface area contributed by atoms with Crippen LogP contribution in [0.25, 0.3) is 0 Å². The van der Waals surface area contributed by atoms with E-state index >= 15 is 0 Å². The number of amides is 1. The Morgan fingerprint density at radius 1 is 1.34 bits per heavy atom. The van der Waals surface area contributed by atoms with Crippen molar-refractivity contribution < 1.29 is 15.0 Å². The molecule has 2 aromatic rings. The molecule has 2 aromatic carbocycles. The molecule has 0 saturated carbocycles. The van der Waals surface area contributed by atoms with E-state index < -0.39 is 17.8 Å². The molecule has 4 rings (SSSR count). The maximum atomic E-state index is 12.7. The van der Waals surface area contributed by atoms with Crippen molar-refractivity contribution in [2.75, 3.05) is 13.6 Å². The van der Waals surface area contributed by atoms with Gasteiger partial charge in [-0.05, 0) is 29.8 Å². The van der Waals surface area contributed by atoms with E-state index in [-0.39, 0.29) is 17.7 Å². The maximum Gasteiger partial charge on any atom is 0.275 e. The Morgan fingerprint density at radius 3 is 2.90 bits per heavy atom. The van der Waals surface area contributed by atoms with E-state index in [9.17, 15) is 20.3 Å². The molecule has 2 aliphatic heterocycles. The van der Waals surface area contributed by atoms with Gasteiger partial charge < -0.3 is 15.1 Å². The second kappa shape index (κ2) is 7.31. The smallest absolute Gasteiger partial charge is 0.275 e. The number of carbonyl (C=O) groups excluding carboxylic acids is 1. The van der Waals surface area contributed by atoms with Gasteiger partial charge in [0.15, 0.2) is 11.5 Å². The van der Waals surface area contributed by atoms with Crippen LogP contribution in [0.3, 0.4) is 0 Å². The molecule has 2 N–H and O–H groups in total. The van der Waals surface area contributed by atoms with Gasteiger partial charge in [0.05, 0.1) is 23.9 Å². The summed E-state index contributed by atoms with van der Waals surface area (Å²) in [6.45, 7) is 0.327. The van der Waals surface area contributed by atoms with Crippen LogP contribution in [-0.4, -0.2) is 58.0 Å². The molecule has 1 fully saturated rings. The Bertz CT molecular complexity index is 1040. The van der Waals surface area contributed by atoms with Crippen molar-refractivity contribution in [3.63, 3.8) is 0 Å². The van der Waals surface area contributed by atoms with E-state index in [1.807, 2.05) is 24.3 Å². The number of aliphatic hydroxyl groups excluding tert-OH is 2. The minimum atomic E-state index is -1.32. The van der Waals surface area contributed by atoms with Gasteiger partial charge in [-0.15, -0.1) is 0 Å². The van der Waals surface area contributed by atoms with Crippen LogP contribution in [-0.2, 0) is 4.79 Å². The van der Waals surface area contributed by atoms with Crippen LogP contribution in [0.1, 0.15) is 22.6 Å². The zero-order valence-corrected chi connectivity index (χ0v) is 15.6. The Labute approximate surface area is 168 Å². The SMILES string of the molecule is CN1CC(C(c2c#cccc2)c2cccc(C#N)c2)N2N=CC(O)C(O)=C2C1=O. The van der Waals surface area contributed by atoms with Gasteiger partial charge in [0.2, 0.25) is 0 Å². The molecule has 29 heavy (non-hydrogen) atoms. The molecule has 2 aliphatic rings. The number of hydrogen-bond donors (Lipinski definition) is 2. The van der Waals surface area contributed by atoms with Crippen LogP contribution in [0.5, 0.6) is 0 Å². The highest BCUT2D eigenvalue weighted by molar-refractivity contribution is 5.95. The minimum absolute atomic E-state index is 0.0416. The Balaban J connectivity index is 1.87. The lowest BCUT2D eigenvalue weighted by Crippen LogP contribution is -2.55. The lowest BCUT2D eigenvalue weighted by Gasteiger charge is -2.44. The number of rotatable bonds is 3. The van der Waals surface area contributed by atoms with E-state index in [1.165, 1.54) is 16.1 Å². The molecule has 7 nitrogen and oxygen atoms in total. The summed E-state index contributed by atoms with van der Waals surface area (Å²) in [5, 5.41) is 35.4. The summed E-state index contributed by atoms with van der Waals surface area (Å²) in [7, 11) is 1.64. The molecule has 2 heterocycles. The van der Waals surface area contributed by atoms with E-state index in [0.717, 1.165) is 11.1 Å². The number of benzene rings is 1. The first-order chi connectivity index (χ1) is 14.0. The van der Waals surface area contributed by atoms with Crippen molar-refractivity contribution in [3.05, 3.63) is 82.7 Å². The predicted octanol–water partition coefficient (Wildman–Crippen LogP) is 1.56. The second-order valence-corrected chi connectivity index (χ2v) is 7.01. The molecular weight excluding hydrogens is 368 g/mol. The zero-order chi connectivity index (χ0) is 20.5. The number of hydrogen-bond acceptors (Lipinski definition) is 6. The van der Waals surface area contributed by atoms with Crippen LogP contribution in [0.15, 0.2) is 59.0 Å². The van der Waals surface area contributed by atoms with Gasteiger partial charge >= 0.3 is 0 Å². The highest BCUT2D eigenvalue weighted by Gasteiger charge is 2.44. The summed E-state index contributed by atoms with van der Waals surface area (Å²) >= 11 is 0. The maximum absolute atomic E-state index is 12.7. The molecule has 1 amide bonds. The molecule has 0 bridgehead atoms. The van der Waals surface area contributed by atoms with Crippen molar-refractivity contribution in [1.82, 2.24) is 9.91 Å². The molecule has 144 valence electrons. The van der Waals surface area contributed by atoms with Crippen LogP contribution in [0, 0.1) is 23.5 Å². The first-order valence-corrected chi connectivity index (χ1v) is 9.09. The van der Waals surface area contributed by atoms with E-state index in [2.05, 4.69) is 23.3 Å². The van der Waals surface area contributed by atoms with E-state index in [0.29, 0.717) is 12.1 Å². The molecule has 0 spiro atoms. The third-order valence-corrected chi connectivity index (χ3v) is 5.18. The molecule has 3 unspecified atom stereocenters. The normalized spacial score (nSPS) is 22.0. The lowest BCUT2D eigenvalue weighted by molar-refractivity contribution is -0.132. The summed E-state index contributed by atoms with van der Waals surface area (Å²) in [4.78, 5) is 14.2. The molecular formula is C22H18N4O3. The standard InChI is InChI=1S/C22H18N4O3/c1-25-13-17(26-20(22(25)29)21(28)18(27)12-24-26)19(15-7-3-2-4-8-15)16-9-5-6-14(10-16)11-23/h2-3,5-7,9-10,12,17-19,27-28H,13H2,1H3. The van der Waals surface area contributed by atoms with Crippen LogP contribution in [0.2, 0.25) is 0 Å². The Hall–Kier alpha value is -3.81. The fourth-order valence-corrected chi connectivity index (χ4v) is 3.81. The van der Waals surface area contributed by atoms with Gasteiger partial charge in [-0.1, -0.05) is 30.3 Å². The molecule has 7 heteroatoms. The highest BCUT2D eigenvalue weighted by atomic mass is 16.3. The van der Waals surface area contributed by atoms with Gasteiger partial charge in [0.1, 0.15) is 6.10 Å². The Morgan fingerprint density at radius 2 is 2.17 bits per heavy atom. The Kier molecular flexibility index (Phi) is 4.67. The molecule has 0 aromatic heterocycles. The number of hydrazone groups is 1. The number of nitriles is 1. The number of piperazine rings is 1. The predicted molar refractivity (Wildman–Crippen MR) is 105 cm³/mol. The highest BCUT2D eigenvalue weighted by Crippen LogP contribution is 2.37. The van der Waals surface area contributed by atoms with E-state index in [1.54, 1.807) is 25.2 Å². The first-order valence-electron chi connectivity index (χ1n) is 9.09. The minimum Gasteiger partial charge on any atom is -0.507 e. The van der Waals surface area contributed by atoms with E-state index in [4.69, 9.17) is 0 Å². The third kappa shape index (κ3) is 3.18. The molecule has 1 saturated heterocycles. The van der Waals surface area contributed by atoms with Gasteiger partial charge in [0.25, 0.3) is 5.91 Å². The van der Waals surface area contributed by atoms with Crippen molar-refractivity contribution in [3.8, 4) is 6.07 Å². The largest absolute Gasteiger partial charge is 0.507 e. The number of likely N-dealkylation sites (N-methyl/N-ethyl adjacent to an activating group) is 1. The summed E-state index contributed by atoms with van der Waals surface area (Å²) in [6.07, 6.45) is -0.122. The summed E-state index contributed by atoms with van der Waals surface area (Å²) in [6, 6.07) is 20.6. The first kappa shape index (κ1) is 18.5. The average Bonchev–Trinajstić information content (AvgIpc) is 2.75. The number of fused-ring (bicyclic) bond motifs is 1. The van der Waals surface area contributed by atoms with Crippen molar-refractivity contribution in [2.24, 2.45) is 5.10 Å². The second-order valence-electron chi connectivity index (χ2n) is 7.01. The average molecular weight is 386 g/mol. The van der Waals surface area contributed by atoms with Gasteiger partial charge in [-0.3, -0.25) is 9.80 Å². The lowest BCUT2D eigenvalue weighted by atomic mass is 9.83. The van der Waals surface area contributed by atoms with Gasteiger partial charge in [-0.2, -0.15) is 10.4 Å². The van der Waals surface area contributed by atoms with Crippen molar-refractivity contribution in [2.45, 2.75) is 18.1 Å². The summed E-state index contributed by atoms with van der Waals surface area (Å²) < 4.78 is 0. The monoisotopic (exact) mass is 386 g/mol. The topological polar surface area (TPSA) is 100 Å². The van der Waals surface area contributed by atoms with Crippen molar-refractivity contribution >= 4 is 12.1 Å². The fourth-order valence-electron chi connectivity index (χ4n) is 3.81. The molecule has 0 aliphatic carbocycles. The summed E-state index contributed by atoms with van der Waals surface area (Å²) in [5.41, 5.74) is 2.15. The van der Waals surface area contributed by atoms with Gasteiger partial charge in [-0.25, -0.2) is 0 Å². The summed E-state index contributed by atoms with van der Waals surface area (Å²) in [5.74, 6) is -1.15. The fraction of sp³-hybridized carbons (Fsp3) is 0.227. The molecule has 3 atom stereocenters. The number of nitrogens with zero attached hydrogens (tertiary/aromatic N) is 4. The van der Waals surface area contributed by atoms with Crippen LogP contribution < -0.4 is 0 Å². The van der Waals surface area contributed by atoms with Crippen LogP contribution >= 0.6 is 0 Å². The van der Waals surface area contributed by atoms with Gasteiger partial charge in [0, 0.05) is 25.1 Å². The number of aliphatic hydroxyl groups is 2. The van der Waals surface area contributed by atoms with Crippen LogP contribution in [0.4, 0.5) is 0 Å². The number of carbonyl (C=O) groups is 1. The van der Waals surface area contributed by atoms with Crippen molar-refractivity contribution in [1.29, 1.82) is 5.26 Å². The third-order valence-electron chi connectivity index (χ3n) is 5.18. The molecule has 0 radical (unpaired) electrons. The quantitative estimate of drug-likeness (QED) is 0.834.